The monoisotopic (exact) mass is 301 g/mol. The SMILES string of the molecule is Cn1nccc1CCC(=O)N1CCCCCC1c1ccco1. The van der Waals surface area contributed by atoms with E-state index in [1.807, 2.05) is 34.8 Å². The van der Waals surface area contributed by atoms with Crippen LogP contribution in [0.1, 0.15) is 49.6 Å². The molecule has 5 heteroatoms. The van der Waals surface area contributed by atoms with Crippen LogP contribution in [0.4, 0.5) is 0 Å². The zero-order valence-corrected chi connectivity index (χ0v) is 13.1. The fourth-order valence-corrected chi connectivity index (χ4v) is 3.21. The maximum atomic E-state index is 12.7. The van der Waals surface area contributed by atoms with E-state index < -0.39 is 0 Å². The van der Waals surface area contributed by atoms with E-state index >= 15 is 0 Å². The van der Waals surface area contributed by atoms with E-state index in [4.69, 9.17) is 4.42 Å². The van der Waals surface area contributed by atoms with Gasteiger partial charge in [-0.25, -0.2) is 0 Å². The fourth-order valence-electron chi connectivity index (χ4n) is 3.21. The van der Waals surface area contributed by atoms with Crippen LogP contribution >= 0.6 is 0 Å². The Labute approximate surface area is 130 Å². The summed E-state index contributed by atoms with van der Waals surface area (Å²) in [6, 6.07) is 5.95. The number of hydrogen-bond acceptors (Lipinski definition) is 3. The van der Waals surface area contributed by atoms with E-state index in [1.54, 1.807) is 12.5 Å². The highest BCUT2D eigenvalue weighted by Crippen LogP contribution is 2.31. The highest BCUT2D eigenvalue weighted by molar-refractivity contribution is 5.77. The Morgan fingerprint density at radius 2 is 2.27 bits per heavy atom. The summed E-state index contributed by atoms with van der Waals surface area (Å²) in [7, 11) is 1.91. The average Bonchev–Trinajstić information content (AvgIpc) is 3.12. The van der Waals surface area contributed by atoms with E-state index in [2.05, 4.69) is 5.10 Å². The van der Waals surface area contributed by atoms with Gasteiger partial charge in [0, 0.05) is 31.9 Å². The minimum atomic E-state index is 0.0940. The average molecular weight is 301 g/mol. The third-order valence-corrected chi connectivity index (χ3v) is 4.46. The molecule has 0 bridgehead atoms. The molecule has 1 aliphatic heterocycles. The van der Waals surface area contributed by atoms with Crippen molar-refractivity contribution in [2.75, 3.05) is 6.54 Å². The topological polar surface area (TPSA) is 51.3 Å². The predicted molar refractivity (Wildman–Crippen MR) is 83.2 cm³/mol. The first kappa shape index (κ1) is 14.9. The first-order valence-corrected chi connectivity index (χ1v) is 8.05. The molecule has 22 heavy (non-hydrogen) atoms. The number of carbonyl (C=O) groups excluding carboxylic acids is 1. The van der Waals surface area contributed by atoms with Gasteiger partial charge in [0.15, 0.2) is 0 Å². The summed E-state index contributed by atoms with van der Waals surface area (Å²) in [5.41, 5.74) is 1.10. The lowest BCUT2D eigenvalue weighted by atomic mass is 10.1. The van der Waals surface area contributed by atoms with Gasteiger partial charge in [-0.15, -0.1) is 0 Å². The molecule has 118 valence electrons. The van der Waals surface area contributed by atoms with Gasteiger partial charge in [0.25, 0.3) is 0 Å². The van der Waals surface area contributed by atoms with Gasteiger partial charge in [-0.1, -0.05) is 12.8 Å². The Balaban J connectivity index is 1.69. The lowest BCUT2D eigenvalue weighted by Crippen LogP contribution is -2.34. The number of rotatable bonds is 4. The van der Waals surface area contributed by atoms with E-state index in [0.29, 0.717) is 6.42 Å². The third-order valence-electron chi connectivity index (χ3n) is 4.46. The number of amides is 1. The normalized spacial score (nSPS) is 19.1. The van der Waals surface area contributed by atoms with E-state index in [0.717, 1.165) is 43.7 Å². The summed E-state index contributed by atoms with van der Waals surface area (Å²) in [4.78, 5) is 14.7. The van der Waals surface area contributed by atoms with Gasteiger partial charge in [0.05, 0.1) is 12.3 Å². The highest BCUT2D eigenvalue weighted by Gasteiger charge is 2.28. The molecular weight excluding hydrogens is 278 g/mol. The van der Waals surface area contributed by atoms with Gasteiger partial charge in [0.2, 0.25) is 5.91 Å². The van der Waals surface area contributed by atoms with Gasteiger partial charge < -0.3 is 9.32 Å². The molecule has 0 aliphatic carbocycles. The molecule has 3 heterocycles. The van der Waals surface area contributed by atoms with Crippen LogP contribution in [-0.4, -0.2) is 27.1 Å². The minimum Gasteiger partial charge on any atom is -0.467 e. The van der Waals surface area contributed by atoms with Crippen LogP contribution in [0.2, 0.25) is 0 Å². The Hall–Kier alpha value is -2.04. The summed E-state index contributed by atoms with van der Waals surface area (Å²) in [5, 5.41) is 4.15. The van der Waals surface area contributed by atoms with Crippen molar-refractivity contribution in [3.05, 3.63) is 42.1 Å². The largest absolute Gasteiger partial charge is 0.467 e. The van der Waals surface area contributed by atoms with Crippen LogP contribution in [0.3, 0.4) is 0 Å². The third kappa shape index (κ3) is 3.24. The van der Waals surface area contributed by atoms with Crippen molar-refractivity contribution in [1.82, 2.24) is 14.7 Å². The fraction of sp³-hybridized carbons (Fsp3) is 0.529. The maximum Gasteiger partial charge on any atom is 0.223 e. The molecule has 0 N–H and O–H groups in total. The number of nitrogens with zero attached hydrogens (tertiary/aromatic N) is 3. The van der Waals surface area contributed by atoms with E-state index in [1.165, 1.54) is 6.42 Å². The summed E-state index contributed by atoms with van der Waals surface area (Å²) < 4.78 is 7.40. The van der Waals surface area contributed by atoms with Gasteiger partial charge in [-0.2, -0.15) is 5.10 Å². The van der Waals surface area contributed by atoms with Gasteiger partial charge in [-0.3, -0.25) is 9.48 Å². The minimum absolute atomic E-state index is 0.0940. The molecule has 0 spiro atoms. The lowest BCUT2D eigenvalue weighted by molar-refractivity contribution is -0.134. The summed E-state index contributed by atoms with van der Waals surface area (Å²) in [6.07, 6.45) is 9.13. The molecule has 1 atom stereocenters. The second kappa shape index (κ2) is 6.81. The predicted octanol–water partition coefficient (Wildman–Crippen LogP) is 3.09. The molecule has 1 unspecified atom stereocenters. The van der Waals surface area contributed by atoms with Crippen LogP contribution in [0.15, 0.2) is 35.1 Å². The molecule has 1 aliphatic rings. The summed E-state index contributed by atoms with van der Waals surface area (Å²) in [6.45, 7) is 0.829. The Bertz CT molecular complexity index is 603. The van der Waals surface area contributed by atoms with Crippen molar-refractivity contribution >= 4 is 5.91 Å². The van der Waals surface area contributed by atoms with Crippen molar-refractivity contribution < 1.29 is 9.21 Å². The molecular formula is C17H23N3O2. The first-order chi connectivity index (χ1) is 10.8. The van der Waals surface area contributed by atoms with Crippen LogP contribution in [0, 0.1) is 0 Å². The molecule has 3 rings (SSSR count). The summed E-state index contributed by atoms with van der Waals surface area (Å²) >= 11 is 0. The van der Waals surface area contributed by atoms with Gasteiger partial charge >= 0.3 is 0 Å². The number of aromatic nitrogens is 2. The quantitative estimate of drug-likeness (QED) is 0.872. The molecule has 5 nitrogen and oxygen atoms in total. The smallest absolute Gasteiger partial charge is 0.223 e. The van der Waals surface area contributed by atoms with E-state index in [-0.39, 0.29) is 11.9 Å². The molecule has 2 aromatic heterocycles. The van der Waals surface area contributed by atoms with Gasteiger partial charge in [-0.05, 0) is 37.5 Å². The zero-order chi connectivity index (χ0) is 15.4. The number of hydrogen-bond donors (Lipinski definition) is 0. The number of aryl methyl sites for hydroxylation is 2. The van der Waals surface area contributed by atoms with Crippen molar-refractivity contribution in [2.45, 2.75) is 44.6 Å². The second-order valence-corrected chi connectivity index (χ2v) is 5.91. The Morgan fingerprint density at radius 3 is 3.00 bits per heavy atom. The number of likely N-dealkylation sites (tertiary alicyclic amines) is 1. The molecule has 1 saturated heterocycles. The molecule has 0 saturated carbocycles. The summed E-state index contributed by atoms with van der Waals surface area (Å²) in [5.74, 6) is 1.13. The van der Waals surface area contributed by atoms with Crippen LogP contribution in [-0.2, 0) is 18.3 Å². The maximum absolute atomic E-state index is 12.7. The van der Waals surface area contributed by atoms with Crippen molar-refractivity contribution in [3.63, 3.8) is 0 Å². The van der Waals surface area contributed by atoms with E-state index in [9.17, 15) is 4.79 Å². The lowest BCUT2D eigenvalue weighted by Gasteiger charge is -2.28. The van der Waals surface area contributed by atoms with Gasteiger partial charge in [0.1, 0.15) is 5.76 Å². The second-order valence-electron chi connectivity index (χ2n) is 5.91. The van der Waals surface area contributed by atoms with Crippen LogP contribution < -0.4 is 0 Å². The van der Waals surface area contributed by atoms with Crippen LogP contribution in [0.25, 0.3) is 0 Å². The zero-order valence-electron chi connectivity index (χ0n) is 13.1. The first-order valence-electron chi connectivity index (χ1n) is 8.05. The Kier molecular flexibility index (Phi) is 4.61. The molecule has 0 radical (unpaired) electrons. The van der Waals surface area contributed by atoms with Crippen molar-refractivity contribution in [1.29, 1.82) is 0 Å². The molecule has 1 amide bonds. The number of furan rings is 1. The molecule has 2 aromatic rings. The highest BCUT2D eigenvalue weighted by atomic mass is 16.3. The van der Waals surface area contributed by atoms with Crippen LogP contribution in [0.5, 0.6) is 0 Å². The molecule has 0 aromatic carbocycles. The van der Waals surface area contributed by atoms with Crippen molar-refractivity contribution in [3.8, 4) is 0 Å². The van der Waals surface area contributed by atoms with Crippen molar-refractivity contribution in [2.24, 2.45) is 7.05 Å². The Morgan fingerprint density at radius 1 is 1.36 bits per heavy atom. The molecule has 1 fully saturated rings. The number of carbonyl (C=O) groups is 1. The standard InChI is InChI=1S/C17H23N3O2/c1-19-14(10-11-18-19)8-9-17(21)20-12-4-2-3-6-15(20)16-7-5-13-22-16/h5,7,10-11,13,15H,2-4,6,8-9,12H2,1H3.